The zero-order chi connectivity index (χ0) is 13.9. The van der Waals surface area contributed by atoms with Crippen LogP contribution in [0.25, 0.3) is 0 Å². The molecular formula is C17H28N2. The van der Waals surface area contributed by atoms with Gasteiger partial charge in [0.05, 0.1) is 0 Å². The summed E-state index contributed by atoms with van der Waals surface area (Å²) in [5.74, 6) is 0. The van der Waals surface area contributed by atoms with Gasteiger partial charge in [-0.25, -0.2) is 0 Å². The van der Waals surface area contributed by atoms with Crippen molar-refractivity contribution in [2.24, 2.45) is 0 Å². The molecule has 2 heteroatoms. The van der Waals surface area contributed by atoms with Gasteiger partial charge < -0.3 is 5.32 Å². The van der Waals surface area contributed by atoms with Crippen LogP contribution in [0.4, 0.5) is 0 Å². The van der Waals surface area contributed by atoms with Gasteiger partial charge >= 0.3 is 0 Å². The molecule has 1 fully saturated rings. The minimum absolute atomic E-state index is 0.220. The van der Waals surface area contributed by atoms with Crippen molar-refractivity contribution in [3.8, 4) is 0 Å². The summed E-state index contributed by atoms with van der Waals surface area (Å²) in [6, 6.07) is 9.60. The summed E-state index contributed by atoms with van der Waals surface area (Å²) in [6.07, 6.45) is 2.66. The normalized spacial score (nSPS) is 20.9. The van der Waals surface area contributed by atoms with E-state index in [-0.39, 0.29) is 5.54 Å². The molecule has 0 saturated carbocycles. The topological polar surface area (TPSA) is 15.3 Å². The molecule has 1 N–H and O–H groups in total. The predicted molar refractivity (Wildman–Crippen MR) is 82.4 cm³/mol. The lowest BCUT2D eigenvalue weighted by Gasteiger charge is -2.29. The maximum absolute atomic E-state index is 3.65. The van der Waals surface area contributed by atoms with Crippen LogP contribution in [0.5, 0.6) is 0 Å². The summed E-state index contributed by atoms with van der Waals surface area (Å²) in [6.45, 7) is 12.3. The summed E-state index contributed by atoms with van der Waals surface area (Å²) in [7, 11) is 0. The van der Waals surface area contributed by atoms with E-state index in [4.69, 9.17) is 0 Å². The Morgan fingerprint density at radius 2 is 2.11 bits per heavy atom. The van der Waals surface area contributed by atoms with Crippen molar-refractivity contribution >= 4 is 0 Å². The number of hydrogen-bond acceptors (Lipinski definition) is 2. The molecule has 0 aromatic heterocycles. The maximum Gasteiger partial charge on any atom is 0.0237 e. The Labute approximate surface area is 118 Å². The summed E-state index contributed by atoms with van der Waals surface area (Å²) in [5, 5.41) is 3.65. The Balaban J connectivity index is 1.92. The van der Waals surface area contributed by atoms with Crippen molar-refractivity contribution in [3.05, 3.63) is 35.4 Å². The van der Waals surface area contributed by atoms with Crippen molar-refractivity contribution in [2.45, 2.75) is 58.7 Å². The Bertz CT molecular complexity index is 406. The van der Waals surface area contributed by atoms with Gasteiger partial charge in [-0.15, -0.1) is 0 Å². The van der Waals surface area contributed by atoms with Gasteiger partial charge in [0.25, 0.3) is 0 Å². The molecule has 0 bridgehead atoms. The number of benzene rings is 1. The molecule has 1 aromatic carbocycles. The van der Waals surface area contributed by atoms with Gasteiger partial charge in [0.15, 0.2) is 0 Å². The zero-order valence-electron chi connectivity index (χ0n) is 12.9. The quantitative estimate of drug-likeness (QED) is 0.893. The third-order valence-corrected chi connectivity index (χ3v) is 3.84. The Morgan fingerprint density at radius 3 is 2.79 bits per heavy atom. The van der Waals surface area contributed by atoms with Gasteiger partial charge in [0.2, 0.25) is 0 Å². The van der Waals surface area contributed by atoms with E-state index in [1.165, 1.54) is 30.5 Å². The molecule has 106 valence electrons. The summed E-state index contributed by atoms with van der Waals surface area (Å²) in [4.78, 5) is 2.63. The Morgan fingerprint density at radius 1 is 1.32 bits per heavy atom. The summed E-state index contributed by atoms with van der Waals surface area (Å²) in [5.41, 5.74) is 3.03. The molecule has 1 aliphatic heterocycles. The lowest BCUT2D eigenvalue weighted by molar-refractivity contribution is 0.226. The van der Waals surface area contributed by atoms with E-state index < -0.39 is 0 Å². The molecule has 1 atom stereocenters. The highest BCUT2D eigenvalue weighted by Crippen LogP contribution is 2.20. The molecular weight excluding hydrogens is 232 g/mol. The van der Waals surface area contributed by atoms with E-state index in [0.717, 1.165) is 13.1 Å². The van der Waals surface area contributed by atoms with Crippen molar-refractivity contribution in [1.29, 1.82) is 0 Å². The van der Waals surface area contributed by atoms with E-state index >= 15 is 0 Å². The fraction of sp³-hybridized carbons (Fsp3) is 0.647. The fourth-order valence-electron chi connectivity index (χ4n) is 2.80. The number of nitrogens with zero attached hydrogens (tertiary/aromatic N) is 1. The molecule has 0 amide bonds. The summed E-state index contributed by atoms with van der Waals surface area (Å²) < 4.78 is 0. The smallest absolute Gasteiger partial charge is 0.0237 e. The molecule has 2 nitrogen and oxygen atoms in total. The van der Waals surface area contributed by atoms with E-state index in [0.29, 0.717) is 6.04 Å². The third-order valence-electron chi connectivity index (χ3n) is 3.84. The molecule has 0 spiro atoms. The number of aryl methyl sites for hydroxylation is 1. The minimum Gasteiger partial charge on any atom is -0.311 e. The highest BCUT2D eigenvalue weighted by molar-refractivity contribution is 5.22. The highest BCUT2D eigenvalue weighted by atomic mass is 15.2. The monoisotopic (exact) mass is 260 g/mol. The van der Waals surface area contributed by atoms with Crippen LogP contribution in [0, 0.1) is 6.92 Å². The van der Waals surface area contributed by atoms with Gasteiger partial charge in [0, 0.05) is 24.7 Å². The third kappa shape index (κ3) is 4.63. The first-order valence-corrected chi connectivity index (χ1v) is 7.49. The second kappa shape index (κ2) is 6.06. The largest absolute Gasteiger partial charge is 0.311 e. The van der Waals surface area contributed by atoms with Crippen LogP contribution in [0.2, 0.25) is 0 Å². The van der Waals surface area contributed by atoms with Gasteiger partial charge in [-0.1, -0.05) is 29.8 Å². The highest BCUT2D eigenvalue weighted by Gasteiger charge is 2.25. The van der Waals surface area contributed by atoms with Crippen LogP contribution in [-0.4, -0.2) is 29.6 Å². The Hall–Kier alpha value is -0.860. The zero-order valence-corrected chi connectivity index (χ0v) is 12.9. The lowest BCUT2D eigenvalue weighted by Crippen LogP contribution is -2.44. The van der Waals surface area contributed by atoms with E-state index in [9.17, 15) is 0 Å². The maximum atomic E-state index is 3.65. The molecule has 2 rings (SSSR count). The standard InChI is InChI=1S/C17H28N2/c1-14-7-5-8-15(11-14)13-19-10-6-9-16(19)12-18-17(2,3)4/h5,7-8,11,16,18H,6,9-10,12-13H2,1-4H3. The molecule has 1 saturated heterocycles. The molecule has 0 radical (unpaired) electrons. The second-order valence-corrected chi connectivity index (χ2v) is 6.89. The van der Waals surface area contributed by atoms with Crippen LogP contribution in [0.1, 0.15) is 44.7 Å². The van der Waals surface area contributed by atoms with Gasteiger partial charge in [-0.3, -0.25) is 4.90 Å². The molecule has 1 unspecified atom stereocenters. The van der Waals surface area contributed by atoms with Crippen molar-refractivity contribution in [3.63, 3.8) is 0 Å². The van der Waals surface area contributed by atoms with Crippen molar-refractivity contribution < 1.29 is 0 Å². The average Bonchev–Trinajstić information content (AvgIpc) is 2.73. The Kier molecular flexibility index (Phi) is 4.64. The van der Waals surface area contributed by atoms with Crippen LogP contribution in [0.15, 0.2) is 24.3 Å². The van der Waals surface area contributed by atoms with Gasteiger partial charge in [0.1, 0.15) is 0 Å². The summed E-state index contributed by atoms with van der Waals surface area (Å²) >= 11 is 0. The molecule has 0 aliphatic carbocycles. The number of hydrogen-bond donors (Lipinski definition) is 1. The minimum atomic E-state index is 0.220. The van der Waals surface area contributed by atoms with Crippen LogP contribution in [-0.2, 0) is 6.54 Å². The molecule has 19 heavy (non-hydrogen) atoms. The first-order chi connectivity index (χ1) is 8.94. The van der Waals surface area contributed by atoms with Crippen molar-refractivity contribution in [2.75, 3.05) is 13.1 Å². The first kappa shape index (κ1) is 14.5. The van der Waals surface area contributed by atoms with Crippen LogP contribution in [0.3, 0.4) is 0 Å². The van der Waals surface area contributed by atoms with E-state index in [1.807, 2.05) is 0 Å². The predicted octanol–water partition coefficient (Wildman–Crippen LogP) is 3.35. The number of rotatable bonds is 4. The van der Waals surface area contributed by atoms with Gasteiger partial charge in [-0.05, 0) is 52.6 Å². The van der Waals surface area contributed by atoms with E-state index in [2.05, 4.69) is 62.2 Å². The first-order valence-electron chi connectivity index (χ1n) is 7.49. The lowest BCUT2D eigenvalue weighted by atomic mass is 10.1. The van der Waals surface area contributed by atoms with Crippen LogP contribution < -0.4 is 5.32 Å². The van der Waals surface area contributed by atoms with Crippen molar-refractivity contribution in [1.82, 2.24) is 10.2 Å². The second-order valence-electron chi connectivity index (χ2n) is 6.89. The van der Waals surface area contributed by atoms with Gasteiger partial charge in [-0.2, -0.15) is 0 Å². The van der Waals surface area contributed by atoms with Crippen LogP contribution >= 0.6 is 0 Å². The number of likely N-dealkylation sites (tertiary alicyclic amines) is 1. The fourth-order valence-corrected chi connectivity index (χ4v) is 2.80. The average molecular weight is 260 g/mol. The molecule has 1 heterocycles. The van der Waals surface area contributed by atoms with E-state index in [1.54, 1.807) is 0 Å². The molecule has 1 aliphatic rings. The SMILES string of the molecule is Cc1cccc(CN2CCCC2CNC(C)(C)C)c1. The molecule has 1 aromatic rings. The number of nitrogens with one attached hydrogen (secondary N) is 1.